The van der Waals surface area contributed by atoms with E-state index < -0.39 is 11.5 Å². The zero-order valence-electron chi connectivity index (χ0n) is 12.8. The van der Waals surface area contributed by atoms with E-state index in [1.54, 1.807) is 0 Å². The molecular formula is C15H26N2O3S. The molecule has 1 aliphatic heterocycles. The van der Waals surface area contributed by atoms with Gasteiger partial charge in [0.15, 0.2) is 0 Å². The molecule has 0 bridgehead atoms. The van der Waals surface area contributed by atoms with E-state index in [1.165, 1.54) is 0 Å². The molecule has 21 heavy (non-hydrogen) atoms. The summed E-state index contributed by atoms with van der Waals surface area (Å²) in [6.45, 7) is 3.68. The van der Waals surface area contributed by atoms with Gasteiger partial charge in [-0.05, 0) is 19.3 Å². The van der Waals surface area contributed by atoms with Crippen molar-refractivity contribution in [2.24, 2.45) is 0 Å². The quantitative estimate of drug-likeness (QED) is 0.837. The highest BCUT2D eigenvalue weighted by Gasteiger charge is 2.37. The van der Waals surface area contributed by atoms with Gasteiger partial charge in [0.1, 0.15) is 0 Å². The average molecular weight is 314 g/mol. The highest BCUT2D eigenvalue weighted by Crippen LogP contribution is 2.31. The minimum Gasteiger partial charge on any atom is -0.481 e. The molecule has 0 radical (unpaired) electrons. The highest BCUT2D eigenvalue weighted by molar-refractivity contribution is 8.00. The lowest BCUT2D eigenvalue weighted by molar-refractivity contribution is -0.139. The Morgan fingerprint density at radius 3 is 2.67 bits per heavy atom. The molecular weight excluding hydrogens is 288 g/mol. The van der Waals surface area contributed by atoms with Crippen molar-refractivity contribution in [2.45, 2.75) is 62.7 Å². The lowest BCUT2D eigenvalue weighted by atomic mass is 9.79. The van der Waals surface area contributed by atoms with Crippen molar-refractivity contribution in [3.63, 3.8) is 0 Å². The molecule has 0 aromatic rings. The Kier molecular flexibility index (Phi) is 5.79. The molecule has 6 heteroatoms. The summed E-state index contributed by atoms with van der Waals surface area (Å²) in [5.74, 6) is 0.149. The minimum absolute atomic E-state index is 0.0402. The Balaban J connectivity index is 1.98. The number of nitrogens with zero attached hydrogens (tertiary/aromatic N) is 1. The Bertz CT molecular complexity index is 383. The van der Waals surface area contributed by atoms with Crippen LogP contribution in [0, 0.1) is 0 Å². The van der Waals surface area contributed by atoms with Crippen LogP contribution in [0.1, 0.15) is 51.9 Å². The van der Waals surface area contributed by atoms with Crippen LogP contribution in [0.5, 0.6) is 0 Å². The summed E-state index contributed by atoms with van der Waals surface area (Å²) in [6, 6.07) is -0.0723. The second kappa shape index (κ2) is 7.38. The Hall–Kier alpha value is -0.910. The molecule has 2 rings (SSSR count). The van der Waals surface area contributed by atoms with Gasteiger partial charge in [-0.2, -0.15) is 11.8 Å². The number of carboxylic acid groups (broad SMARTS) is 1. The standard InChI is InChI=1S/C15H26N2O3S/c1-2-12-11-17(8-9-21-12)14(20)16-15(10-13(18)19)6-4-3-5-7-15/h12H,2-11H2,1H3,(H,16,20)(H,18,19). The normalized spacial score (nSPS) is 25.4. The Morgan fingerprint density at radius 2 is 2.05 bits per heavy atom. The van der Waals surface area contributed by atoms with Crippen molar-refractivity contribution < 1.29 is 14.7 Å². The van der Waals surface area contributed by atoms with Gasteiger partial charge in [0.05, 0.1) is 12.0 Å². The lowest BCUT2D eigenvalue weighted by Crippen LogP contribution is -2.57. The van der Waals surface area contributed by atoms with Gasteiger partial charge >= 0.3 is 12.0 Å². The number of nitrogens with one attached hydrogen (secondary N) is 1. The molecule has 0 spiro atoms. The van der Waals surface area contributed by atoms with Crippen LogP contribution in [-0.4, -0.2) is 51.6 Å². The second-order valence-electron chi connectivity index (χ2n) is 6.19. The number of aliphatic carboxylic acids is 1. The molecule has 1 saturated carbocycles. The predicted molar refractivity (Wildman–Crippen MR) is 84.7 cm³/mol. The molecule has 0 aromatic heterocycles. The summed E-state index contributed by atoms with van der Waals surface area (Å²) in [5.41, 5.74) is -0.534. The lowest BCUT2D eigenvalue weighted by Gasteiger charge is -2.40. The topological polar surface area (TPSA) is 69.6 Å². The predicted octanol–water partition coefficient (Wildman–Crippen LogP) is 2.70. The number of carbonyl (C=O) groups excluding carboxylic acids is 1. The van der Waals surface area contributed by atoms with Crippen LogP contribution in [0.25, 0.3) is 0 Å². The first-order valence-corrected chi connectivity index (χ1v) is 9.00. The van der Waals surface area contributed by atoms with Crippen molar-refractivity contribution in [3.8, 4) is 0 Å². The Morgan fingerprint density at radius 1 is 1.33 bits per heavy atom. The molecule has 1 heterocycles. The minimum atomic E-state index is -0.821. The van der Waals surface area contributed by atoms with Crippen molar-refractivity contribution in [1.82, 2.24) is 10.2 Å². The number of amides is 2. The number of carboxylic acids is 1. The van der Waals surface area contributed by atoms with Crippen molar-refractivity contribution >= 4 is 23.8 Å². The third-order valence-corrected chi connectivity index (χ3v) is 5.93. The van der Waals surface area contributed by atoms with Crippen LogP contribution in [0.4, 0.5) is 4.79 Å². The van der Waals surface area contributed by atoms with E-state index in [-0.39, 0.29) is 12.5 Å². The third-order valence-electron chi connectivity index (χ3n) is 4.55. The molecule has 120 valence electrons. The van der Waals surface area contributed by atoms with Gasteiger partial charge in [-0.15, -0.1) is 0 Å². The molecule has 0 aromatic carbocycles. The van der Waals surface area contributed by atoms with Gasteiger partial charge in [-0.1, -0.05) is 26.2 Å². The second-order valence-corrected chi connectivity index (χ2v) is 7.60. The molecule has 2 N–H and O–H groups in total. The van der Waals surface area contributed by atoms with Crippen LogP contribution in [0.3, 0.4) is 0 Å². The van der Waals surface area contributed by atoms with Gasteiger partial charge < -0.3 is 15.3 Å². The van der Waals surface area contributed by atoms with Crippen LogP contribution in [0.2, 0.25) is 0 Å². The monoisotopic (exact) mass is 314 g/mol. The molecule has 2 aliphatic rings. The number of carbonyl (C=O) groups is 2. The van der Waals surface area contributed by atoms with Gasteiger partial charge in [0, 0.05) is 24.1 Å². The zero-order valence-corrected chi connectivity index (χ0v) is 13.6. The van der Waals surface area contributed by atoms with Crippen molar-refractivity contribution in [3.05, 3.63) is 0 Å². The maximum atomic E-state index is 12.5. The number of hydrogen-bond donors (Lipinski definition) is 2. The number of rotatable bonds is 4. The fraction of sp³-hybridized carbons (Fsp3) is 0.867. The molecule has 1 atom stereocenters. The van der Waals surface area contributed by atoms with Crippen LogP contribution < -0.4 is 5.32 Å². The van der Waals surface area contributed by atoms with E-state index in [9.17, 15) is 9.59 Å². The summed E-state index contributed by atoms with van der Waals surface area (Å²) in [4.78, 5) is 25.6. The van der Waals surface area contributed by atoms with Crippen molar-refractivity contribution in [1.29, 1.82) is 0 Å². The number of thioether (sulfide) groups is 1. The maximum absolute atomic E-state index is 12.5. The van der Waals surface area contributed by atoms with E-state index >= 15 is 0 Å². The molecule has 1 unspecified atom stereocenters. The summed E-state index contributed by atoms with van der Waals surface area (Å²) < 4.78 is 0. The van der Waals surface area contributed by atoms with Crippen LogP contribution in [0.15, 0.2) is 0 Å². The fourth-order valence-electron chi connectivity index (χ4n) is 3.32. The summed E-state index contributed by atoms with van der Waals surface area (Å²) >= 11 is 1.92. The van der Waals surface area contributed by atoms with E-state index in [0.29, 0.717) is 5.25 Å². The smallest absolute Gasteiger partial charge is 0.317 e. The Labute approximate surface area is 130 Å². The van der Waals surface area contributed by atoms with E-state index in [4.69, 9.17) is 5.11 Å². The largest absolute Gasteiger partial charge is 0.481 e. The van der Waals surface area contributed by atoms with Crippen LogP contribution >= 0.6 is 11.8 Å². The van der Waals surface area contributed by atoms with Crippen molar-refractivity contribution in [2.75, 3.05) is 18.8 Å². The molecule has 5 nitrogen and oxygen atoms in total. The summed E-state index contributed by atoms with van der Waals surface area (Å²) in [5, 5.41) is 12.7. The van der Waals surface area contributed by atoms with E-state index in [1.807, 2.05) is 16.7 Å². The molecule has 1 aliphatic carbocycles. The van der Waals surface area contributed by atoms with Gasteiger partial charge in [-0.25, -0.2) is 4.79 Å². The SMILES string of the molecule is CCC1CN(C(=O)NC2(CC(=O)O)CCCCC2)CCS1. The first-order chi connectivity index (χ1) is 10.0. The first-order valence-electron chi connectivity index (χ1n) is 7.95. The first kappa shape index (κ1) is 16.5. The molecule has 2 fully saturated rings. The van der Waals surface area contributed by atoms with Gasteiger partial charge in [-0.3, -0.25) is 4.79 Å². The number of urea groups is 1. The third kappa shape index (κ3) is 4.53. The molecule has 2 amide bonds. The summed E-state index contributed by atoms with van der Waals surface area (Å²) in [7, 11) is 0. The average Bonchev–Trinajstić information content (AvgIpc) is 2.47. The zero-order chi connectivity index (χ0) is 15.3. The maximum Gasteiger partial charge on any atom is 0.317 e. The molecule has 1 saturated heterocycles. The van der Waals surface area contributed by atoms with Gasteiger partial charge in [0.25, 0.3) is 0 Å². The number of hydrogen-bond acceptors (Lipinski definition) is 3. The summed E-state index contributed by atoms with van der Waals surface area (Å²) in [6.07, 6.45) is 5.81. The van der Waals surface area contributed by atoms with E-state index in [0.717, 1.165) is 57.4 Å². The van der Waals surface area contributed by atoms with Crippen LogP contribution in [-0.2, 0) is 4.79 Å². The van der Waals surface area contributed by atoms with Gasteiger partial charge in [0.2, 0.25) is 0 Å². The highest BCUT2D eigenvalue weighted by atomic mass is 32.2. The van der Waals surface area contributed by atoms with E-state index in [2.05, 4.69) is 12.2 Å². The fourth-order valence-corrected chi connectivity index (χ4v) is 4.50.